The number of fused-ring (bicyclic) bond motifs is 3. The second-order valence-electron chi connectivity index (χ2n) is 32.9. The number of benzene rings is 6. The highest BCUT2D eigenvalue weighted by Crippen LogP contribution is 2.27. The van der Waals surface area contributed by atoms with E-state index in [1.165, 1.54) is 13.8 Å². The molecule has 6 aromatic heterocycles. The quantitative estimate of drug-likeness (QED) is 0.0138. The van der Waals surface area contributed by atoms with Gasteiger partial charge in [0.2, 0.25) is 0 Å². The third-order valence-corrected chi connectivity index (χ3v) is 22.0. The Balaban J connectivity index is 0.000000224. The van der Waals surface area contributed by atoms with Gasteiger partial charge in [-0.1, -0.05) is 134 Å². The molecule has 12 aromatic rings. The summed E-state index contributed by atoms with van der Waals surface area (Å²) in [5.41, 5.74) is 9.35. The number of esters is 3. The number of H-pyrrole nitrogens is 1. The lowest BCUT2D eigenvalue weighted by atomic mass is 10.2. The molecule has 40 heteroatoms. The van der Waals surface area contributed by atoms with Crippen molar-refractivity contribution in [2.24, 2.45) is 0 Å². The summed E-state index contributed by atoms with van der Waals surface area (Å²) in [6, 6.07) is 54.3. The first-order chi connectivity index (χ1) is 72.9. The Bertz CT molecular complexity index is 5120. The topological polar surface area (TPSA) is 398 Å². The highest BCUT2D eigenvalue weighted by atomic mass is 16.7. The lowest BCUT2D eigenvalue weighted by Gasteiger charge is -2.26. The van der Waals surface area contributed by atoms with Crippen LogP contribution in [0, 0.1) is 0 Å². The largest absolute Gasteiger partial charge is 0.464 e. The molecule has 0 spiro atoms. The number of carbonyl (C=O) groups is 3. The van der Waals surface area contributed by atoms with Gasteiger partial charge in [0, 0.05) is 194 Å². The molecule has 3 N–H and O–H groups in total. The van der Waals surface area contributed by atoms with Crippen molar-refractivity contribution in [2.75, 3.05) is 319 Å². The molecule has 0 bridgehead atoms. The van der Waals surface area contributed by atoms with E-state index in [4.69, 9.17) is 100 Å². The summed E-state index contributed by atoms with van der Waals surface area (Å²) < 4.78 is 108. The van der Waals surface area contributed by atoms with Crippen molar-refractivity contribution in [2.45, 2.75) is 59.9 Å². The van der Waals surface area contributed by atoms with Gasteiger partial charge in [-0.25, -0.2) is 29.9 Å². The van der Waals surface area contributed by atoms with E-state index in [-0.39, 0.29) is 31.1 Å². The van der Waals surface area contributed by atoms with Crippen LogP contribution < -0.4 is 0 Å². The monoisotopic (exact) mass is 2070 g/mol. The van der Waals surface area contributed by atoms with Crippen LogP contribution in [0.4, 0.5) is 0 Å². The maximum absolute atomic E-state index is 10.9. The van der Waals surface area contributed by atoms with Crippen LogP contribution in [0.1, 0.15) is 27.2 Å². The van der Waals surface area contributed by atoms with Crippen LogP contribution in [0.5, 0.6) is 0 Å². The molecule has 4 aliphatic rings. The SMILES string of the molecule is CC(=O)OCCn1c(-c2ccccc2)nc2ccccc21.CC(=O)OCCn1ccnc1.CCC(=O)OCCn1ccnc1.COCCOCCN1CCOCC1.COCCOCCOCCN1CCOCC1.COCCOCCOCCOCCN1CCOCC1.COCCOCOCCN1CCOCC1.OCCn1c(-c2ccccc2)nc2ccccc21.OCCn1ccnc1.c1ccc(-c2nc3ccccc3[nH]2)cc1. The number of hydrogen-bond donors (Lipinski definition) is 3. The first-order valence-corrected chi connectivity index (χ1v) is 50.7. The minimum absolute atomic E-state index is 0.111. The molecular weight excluding hydrogens is 1910 g/mol. The number of nitrogens with one attached hydrogen (secondary N) is 1. The molecule has 0 amide bonds. The highest BCUT2D eigenvalue weighted by Gasteiger charge is 2.18. The zero-order valence-corrected chi connectivity index (χ0v) is 87.7. The third-order valence-electron chi connectivity index (χ3n) is 22.0. The van der Waals surface area contributed by atoms with Crippen LogP contribution in [0.15, 0.2) is 220 Å². The molecule has 4 fully saturated rings. The summed E-state index contributed by atoms with van der Waals surface area (Å²) in [6.45, 7) is 40.3. The van der Waals surface area contributed by atoms with Gasteiger partial charge in [-0.3, -0.25) is 34.0 Å². The average Bonchev–Trinajstić information content (AvgIpc) is 1.65. The second-order valence-corrected chi connectivity index (χ2v) is 32.9. The normalized spacial score (nSPS) is 13.6. The number of ether oxygens (including phenoxy) is 19. The van der Waals surface area contributed by atoms with Crippen LogP contribution in [0.2, 0.25) is 0 Å². The maximum Gasteiger partial charge on any atom is 0.305 e. The van der Waals surface area contributed by atoms with E-state index in [1.54, 1.807) is 72.9 Å². The van der Waals surface area contributed by atoms with Gasteiger partial charge in [-0.15, -0.1) is 0 Å². The van der Waals surface area contributed by atoms with E-state index in [0.717, 1.165) is 218 Å². The number of hydrogen-bond acceptors (Lipinski definition) is 34. The summed E-state index contributed by atoms with van der Waals surface area (Å²) in [5, 5.41) is 17.6. The third kappa shape index (κ3) is 56.0. The van der Waals surface area contributed by atoms with E-state index in [0.29, 0.717) is 165 Å². The van der Waals surface area contributed by atoms with Crippen LogP contribution in [0.3, 0.4) is 0 Å². The molecule has 4 saturated heterocycles. The number of nitrogens with zero attached hydrogens (tertiary/aromatic N) is 15. The van der Waals surface area contributed by atoms with E-state index in [1.807, 2.05) is 184 Å². The fourth-order valence-corrected chi connectivity index (χ4v) is 14.1. The molecule has 0 aliphatic carbocycles. The van der Waals surface area contributed by atoms with Crippen molar-refractivity contribution < 1.29 is 115 Å². The minimum atomic E-state index is -0.263. The van der Waals surface area contributed by atoms with Crippen LogP contribution in [-0.2, 0) is 137 Å². The zero-order chi connectivity index (χ0) is 105. The summed E-state index contributed by atoms with van der Waals surface area (Å²) in [4.78, 5) is 70.0. The van der Waals surface area contributed by atoms with E-state index >= 15 is 0 Å². The molecule has 4 aliphatic heterocycles. The second kappa shape index (κ2) is 82.7. The van der Waals surface area contributed by atoms with E-state index in [9.17, 15) is 19.5 Å². The molecule has 0 unspecified atom stereocenters. The summed E-state index contributed by atoms with van der Waals surface area (Å²) in [6.07, 6.45) is 16.0. The lowest BCUT2D eigenvalue weighted by molar-refractivity contribution is -0.144. The van der Waals surface area contributed by atoms with Gasteiger partial charge >= 0.3 is 17.9 Å². The van der Waals surface area contributed by atoms with Crippen LogP contribution in [-0.4, -0.2) is 424 Å². The molecule has 0 saturated carbocycles. The molecular formula is C108H160N16O24. The maximum atomic E-state index is 10.9. The molecule has 6 aromatic carbocycles. The number of aliphatic hydroxyl groups is 2. The van der Waals surface area contributed by atoms with Crippen molar-refractivity contribution in [3.05, 3.63) is 220 Å². The summed E-state index contributed by atoms with van der Waals surface area (Å²) in [7, 11) is 6.67. The first kappa shape index (κ1) is 124. The fourth-order valence-electron chi connectivity index (χ4n) is 14.1. The van der Waals surface area contributed by atoms with Gasteiger partial charge in [-0.2, -0.15) is 0 Å². The molecule has 16 rings (SSSR count). The van der Waals surface area contributed by atoms with E-state index < -0.39 is 0 Å². The van der Waals surface area contributed by atoms with Gasteiger partial charge in [0.1, 0.15) is 44.1 Å². The highest BCUT2D eigenvalue weighted by molar-refractivity contribution is 5.82. The molecule has 148 heavy (non-hydrogen) atoms. The lowest BCUT2D eigenvalue weighted by Crippen LogP contribution is -2.38. The Kier molecular flexibility index (Phi) is 69.2. The predicted molar refractivity (Wildman–Crippen MR) is 565 cm³/mol. The first-order valence-electron chi connectivity index (χ1n) is 50.7. The Hall–Kier alpha value is -11.1. The van der Waals surface area contributed by atoms with E-state index in [2.05, 4.69) is 70.8 Å². The minimum Gasteiger partial charge on any atom is -0.464 e. The average molecular weight is 2070 g/mol. The van der Waals surface area contributed by atoms with Crippen molar-refractivity contribution in [3.8, 4) is 34.2 Å². The number of morpholine rings is 4. The van der Waals surface area contributed by atoms with Gasteiger partial charge in [0.25, 0.3) is 0 Å². The van der Waals surface area contributed by atoms with Crippen molar-refractivity contribution >= 4 is 51.0 Å². The molecule has 10 heterocycles. The smallest absolute Gasteiger partial charge is 0.305 e. The van der Waals surface area contributed by atoms with Gasteiger partial charge in [0.05, 0.1) is 257 Å². The molecule has 0 atom stereocenters. The predicted octanol–water partition coefficient (Wildman–Crippen LogP) is 10.3. The number of imidazole rings is 6. The number of methoxy groups -OCH3 is 4. The molecule has 40 nitrogen and oxygen atoms in total. The standard InChI is InChI=1S/C17H16N2O2.C15H14N2O.C13H10N2.C13H27NO5.C11H23NO4.C10H21NO4.C9H19NO3.C8H12N2O2.C7H10N2O2.C5H8N2O/c1-13(20)21-12-11-19-16-10-6-5-9-15(16)18-17(19)14-7-3-2-4-8-14;18-11-10-17-14-9-5-4-8-13(14)16-15(17)12-6-2-1-3-7-12;1-2-6-10(7-3-1)13-14-11-8-4-5-9-12(11)15-13;1-15-8-9-18-12-13-19-11-10-17-7-4-14-2-5-16-6-3-14;1-13-8-9-16-11-10-15-7-4-12-2-5-14-6-3-12;1-12-8-9-15-10-14-7-4-11-2-5-13-6-3-11;1-11-8-9-13-7-4-10-2-5-12-6-3-10;1-2-8(11)12-6-5-10-4-3-9-7-10;1-7(10)11-5-4-9-3-2-8-6-9;8-4-3-7-2-1-6-5-7/h2-10H,11-12H2,1H3;1-9,18H,10-11H2;1-9H,(H,14,15);2-13H2,1H3;2-11H2,1H3;2-10H2,1H3;2-9H2,1H3;3-4,7H,2,5-6H2,1H3;2-3,6H,4-5H2,1H3;1-2,5,8H,3-4H2. The Morgan fingerprint density at radius 2 is 0.635 bits per heavy atom. The van der Waals surface area contributed by atoms with Crippen molar-refractivity contribution in [1.29, 1.82) is 0 Å². The zero-order valence-electron chi connectivity index (χ0n) is 87.7. The number of para-hydroxylation sites is 6. The number of aromatic amines is 1. The van der Waals surface area contributed by atoms with Crippen molar-refractivity contribution in [1.82, 2.24) is 77.3 Å². The molecule has 816 valence electrons. The van der Waals surface area contributed by atoms with Crippen LogP contribution >= 0.6 is 0 Å². The number of carbonyl (C=O) groups excluding carboxylic acids is 3. The van der Waals surface area contributed by atoms with Gasteiger partial charge in [-0.05, 0) is 36.4 Å². The number of aromatic nitrogens is 12. The summed E-state index contributed by atoms with van der Waals surface area (Å²) in [5.74, 6) is 2.06. The summed E-state index contributed by atoms with van der Waals surface area (Å²) >= 11 is 0. The Morgan fingerprint density at radius 3 is 0.993 bits per heavy atom. The number of rotatable bonds is 52. The van der Waals surface area contributed by atoms with Gasteiger partial charge < -0.3 is 128 Å². The number of aliphatic hydroxyl groups excluding tert-OH is 2. The Morgan fingerprint density at radius 1 is 0.324 bits per heavy atom. The molecule has 0 radical (unpaired) electrons. The Labute approximate surface area is 871 Å². The fraction of sp³-hybridized carbons (Fsp3) is 0.528. The van der Waals surface area contributed by atoms with Gasteiger partial charge in [0.15, 0.2) is 0 Å². The van der Waals surface area contributed by atoms with Crippen LogP contribution in [0.25, 0.3) is 67.3 Å². The van der Waals surface area contributed by atoms with Crippen molar-refractivity contribution in [3.63, 3.8) is 0 Å².